The third kappa shape index (κ3) is 5.68. The monoisotopic (exact) mass is 784 g/mol. The molecule has 12 heteroatoms. The molecule has 0 spiro atoms. The normalized spacial score (nSPS) is 14.5. The molecule has 3 aromatic carbocycles. The summed E-state index contributed by atoms with van der Waals surface area (Å²) in [4.78, 5) is 22.0. The number of halogens is 2. The molecule has 8 aromatic rings. The standard InChI is InChI=1S/C44H42Cl2N8O2/c1-24-19-30(20-25(2)40(24)46)56-18-10-11-31-32-14-15-34(45)39(38-27(4)48-51(7)28(38)5)41(32)54-26(3)22-52(44(55)42(31)54)36-23-50(6)35-16-13-29(21-33(35)36)43-47-37-12-8-9-17-53(37)49-43/h8-9,12-17,19-21,23,26H,10-11,18,22H2,1-7H3. The zero-order valence-corrected chi connectivity index (χ0v) is 34.0. The van der Waals surface area contributed by atoms with Crippen molar-refractivity contribution in [3.05, 3.63) is 117 Å². The number of rotatable bonds is 8. The van der Waals surface area contributed by atoms with Gasteiger partial charge >= 0.3 is 0 Å². The summed E-state index contributed by atoms with van der Waals surface area (Å²) in [7, 11) is 3.97. The maximum Gasteiger partial charge on any atom is 0.275 e. The van der Waals surface area contributed by atoms with Crippen LogP contribution in [-0.2, 0) is 20.5 Å². The summed E-state index contributed by atoms with van der Waals surface area (Å²) < 4.78 is 14.3. The number of aromatic nitrogens is 7. The smallest absolute Gasteiger partial charge is 0.275 e. The SMILES string of the molecule is Cc1cc(OCCCc2c3n(c4c(-c5c(C)nn(C)c5C)c(Cl)ccc24)C(C)CN(c2cn(C)c4ccc(-c5nc6ccccn6n5)cc24)C3=O)cc(C)c1Cl. The predicted molar refractivity (Wildman–Crippen MR) is 225 cm³/mol. The van der Waals surface area contributed by atoms with E-state index in [4.69, 9.17) is 43.1 Å². The lowest BCUT2D eigenvalue weighted by Crippen LogP contribution is -2.42. The van der Waals surface area contributed by atoms with Crippen molar-refractivity contribution in [2.24, 2.45) is 14.1 Å². The quantitative estimate of drug-likeness (QED) is 0.143. The molecule has 6 heterocycles. The van der Waals surface area contributed by atoms with E-state index < -0.39 is 0 Å². The van der Waals surface area contributed by atoms with E-state index in [-0.39, 0.29) is 11.9 Å². The molecule has 1 aliphatic heterocycles. The van der Waals surface area contributed by atoms with Gasteiger partial charge in [-0.15, -0.1) is 5.10 Å². The molecule has 1 unspecified atom stereocenters. The summed E-state index contributed by atoms with van der Waals surface area (Å²) in [5.74, 6) is 1.37. The van der Waals surface area contributed by atoms with Crippen molar-refractivity contribution in [3.8, 4) is 28.3 Å². The number of anilines is 1. The summed E-state index contributed by atoms with van der Waals surface area (Å²) in [6.07, 6.45) is 5.27. The van der Waals surface area contributed by atoms with Gasteiger partial charge in [-0.2, -0.15) is 5.10 Å². The first kappa shape index (κ1) is 36.1. The number of carbonyl (C=O) groups is 1. The van der Waals surface area contributed by atoms with E-state index in [1.807, 2.05) is 93.1 Å². The number of hydrogen-bond acceptors (Lipinski definition) is 5. The maximum atomic E-state index is 15.3. The Labute approximate surface area is 334 Å². The molecule has 284 valence electrons. The highest BCUT2D eigenvalue weighted by atomic mass is 35.5. The molecule has 0 aliphatic carbocycles. The van der Waals surface area contributed by atoms with Crippen LogP contribution < -0.4 is 9.64 Å². The molecule has 1 amide bonds. The molecule has 10 nitrogen and oxygen atoms in total. The second-order valence-electron chi connectivity index (χ2n) is 15.1. The van der Waals surface area contributed by atoms with E-state index in [1.54, 1.807) is 4.52 Å². The van der Waals surface area contributed by atoms with Gasteiger partial charge in [0.25, 0.3) is 5.91 Å². The van der Waals surface area contributed by atoms with E-state index in [0.29, 0.717) is 42.5 Å². The van der Waals surface area contributed by atoms with Gasteiger partial charge in [-0.3, -0.25) is 9.48 Å². The van der Waals surface area contributed by atoms with E-state index in [0.717, 1.165) is 88.7 Å². The molecule has 9 rings (SSSR count). The number of nitrogens with zero attached hydrogens (tertiary/aromatic N) is 8. The van der Waals surface area contributed by atoms with Crippen molar-refractivity contribution in [2.75, 3.05) is 18.1 Å². The summed E-state index contributed by atoms with van der Waals surface area (Å²) in [5, 5.41) is 12.8. The highest BCUT2D eigenvalue weighted by Gasteiger charge is 2.37. The number of fused-ring (bicyclic) bond motifs is 5. The van der Waals surface area contributed by atoms with Crippen molar-refractivity contribution in [2.45, 2.75) is 53.5 Å². The van der Waals surface area contributed by atoms with E-state index in [2.05, 4.69) is 47.4 Å². The second-order valence-corrected chi connectivity index (χ2v) is 15.9. The number of ether oxygens (including phenoxy) is 1. The summed E-state index contributed by atoms with van der Waals surface area (Å²) in [5.41, 5.74) is 11.9. The van der Waals surface area contributed by atoms with E-state index >= 15 is 4.79 Å². The van der Waals surface area contributed by atoms with Crippen LogP contribution in [0.2, 0.25) is 10.0 Å². The lowest BCUT2D eigenvalue weighted by molar-refractivity contribution is 0.0957. The van der Waals surface area contributed by atoms with Gasteiger partial charge in [0.15, 0.2) is 11.5 Å². The van der Waals surface area contributed by atoms with Crippen LogP contribution in [0.4, 0.5) is 5.69 Å². The Morgan fingerprint density at radius 1 is 0.911 bits per heavy atom. The molecule has 1 atom stereocenters. The molecule has 0 N–H and O–H groups in total. The van der Waals surface area contributed by atoms with Crippen LogP contribution in [0, 0.1) is 27.7 Å². The number of pyridine rings is 1. The fourth-order valence-corrected chi connectivity index (χ4v) is 8.97. The Hall–Kier alpha value is -5.58. The van der Waals surface area contributed by atoms with Gasteiger partial charge in [-0.05, 0) is 113 Å². The third-order valence-corrected chi connectivity index (χ3v) is 12.2. The number of carbonyl (C=O) groups excluding carboxylic acids is 1. The van der Waals surface area contributed by atoms with Crippen LogP contribution in [-0.4, -0.2) is 52.6 Å². The summed E-state index contributed by atoms with van der Waals surface area (Å²) >= 11 is 13.6. The van der Waals surface area contributed by atoms with E-state index in [1.165, 1.54) is 0 Å². The molecular formula is C44H42Cl2N8O2. The van der Waals surface area contributed by atoms with Crippen molar-refractivity contribution in [1.29, 1.82) is 0 Å². The van der Waals surface area contributed by atoms with Crippen LogP contribution in [0.5, 0.6) is 5.75 Å². The van der Waals surface area contributed by atoms with E-state index in [9.17, 15) is 0 Å². The Morgan fingerprint density at radius 3 is 2.43 bits per heavy atom. The second kappa shape index (κ2) is 13.6. The third-order valence-electron chi connectivity index (χ3n) is 11.3. The van der Waals surface area contributed by atoms with Crippen molar-refractivity contribution < 1.29 is 9.53 Å². The molecule has 1 aliphatic rings. The Bertz CT molecular complexity index is 2840. The van der Waals surface area contributed by atoms with Crippen LogP contribution in [0.15, 0.2) is 73.1 Å². The zero-order valence-electron chi connectivity index (χ0n) is 32.5. The highest BCUT2D eigenvalue weighted by molar-refractivity contribution is 6.35. The van der Waals surface area contributed by atoms with Crippen LogP contribution in [0.25, 0.3) is 50.0 Å². The van der Waals surface area contributed by atoms with Gasteiger partial charge in [0.05, 0.1) is 28.5 Å². The molecule has 56 heavy (non-hydrogen) atoms. The van der Waals surface area contributed by atoms with Gasteiger partial charge in [-0.25, -0.2) is 9.50 Å². The highest BCUT2D eigenvalue weighted by Crippen LogP contribution is 2.46. The molecule has 0 saturated heterocycles. The molecule has 0 bridgehead atoms. The number of benzene rings is 3. The van der Waals surface area contributed by atoms with Crippen molar-refractivity contribution in [1.82, 2.24) is 33.5 Å². The Balaban J connectivity index is 1.17. The average molecular weight is 786 g/mol. The number of hydrogen-bond donors (Lipinski definition) is 0. The number of amides is 1. The van der Waals surface area contributed by atoms with Crippen molar-refractivity contribution in [3.63, 3.8) is 0 Å². The minimum atomic E-state index is -0.0803. The molecule has 0 fully saturated rings. The van der Waals surface area contributed by atoms with Crippen LogP contribution >= 0.6 is 23.2 Å². The first-order chi connectivity index (χ1) is 26.9. The molecule has 0 radical (unpaired) electrons. The van der Waals surface area contributed by atoms with Gasteiger partial charge in [0.2, 0.25) is 0 Å². The first-order valence-corrected chi connectivity index (χ1v) is 19.6. The molecule has 5 aromatic heterocycles. The fourth-order valence-electron chi connectivity index (χ4n) is 8.62. The van der Waals surface area contributed by atoms with Crippen LogP contribution in [0.1, 0.15) is 58.0 Å². The lowest BCUT2D eigenvalue weighted by atomic mass is 9.98. The van der Waals surface area contributed by atoms with Gasteiger partial charge in [0, 0.05) is 82.8 Å². The maximum absolute atomic E-state index is 15.3. The first-order valence-electron chi connectivity index (χ1n) is 18.9. The molecule has 0 saturated carbocycles. The van der Waals surface area contributed by atoms with Crippen molar-refractivity contribution >= 4 is 62.2 Å². The fraction of sp³-hybridized carbons (Fsp3) is 0.273. The topological polar surface area (TPSA) is 87.4 Å². The average Bonchev–Trinajstić information content (AvgIpc) is 3.91. The van der Waals surface area contributed by atoms with Gasteiger partial charge in [0.1, 0.15) is 11.4 Å². The van der Waals surface area contributed by atoms with Crippen LogP contribution in [0.3, 0.4) is 0 Å². The minimum absolute atomic E-state index is 0.0513. The Morgan fingerprint density at radius 2 is 1.70 bits per heavy atom. The Kier molecular flexibility index (Phi) is 8.74. The van der Waals surface area contributed by atoms with Gasteiger partial charge < -0.3 is 18.8 Å². The predicted octanol–water partition coefficient (Wildman–Crippen LogP) is 10.0. The summed E-state index contributed by atoms with van der Waals surface area (Å²) in [6, 6.07) is 20.0. The zero-order chi connectivity index (χ0) is 39.2. The minimum Gasteiger partial charge on any atom is -0.494 e. The largest absolute Gasteiger partial charge is 0.494 e. The lowest BCUT2D eigenvalue weighted by Gasteiger charge is -2.34. The number of aryl methyl sites for hydroxylation is 6. The van der Waals surface area contributed by atoms with Gasteiger partial charge in [-0.1, -0.05) is 35.3 Å². The molecular weight excluding hydrogens is 743 g/mol. The summed E-state index contributed by atoms with van der Waals surface area (Å²) in [6.45, 7) is 11.2.